The lowest BCUT2D eigenvalue weighted by Gasteiger charge is -2.28. The Labute approximate surface area is 110 Å². The van der Waals surface area contributed by atoms with Crippen molar-refractivity contribution in [1.29, 1.82) is 0 Å². The summed E-state index contributed by atoms with van der Waals surface area (Å²) >= 11 is 3.53. The van der Waals surface area contributed by atoms with Crippen LogP contribution in [0.5, 0.6) is 0 Å². The molecule has 1 saturated heterocycles. The van der Waals surface area contributed by atoms with Crippen LogP contribution in [0.1, 0.15) is 24.6 Å². The predicted octanol–water partition coefficient (Wildman–Crippen LogP) is 2.91. The van der Waals surface area contributed by atoms with Crippen LogP contribution < -0.4 is 0 Å². The maximum Gasteiger partial charge on any atom is 0.117 e. The molecule has 3 nitrogen and oxygen atoms in total. The van der Waals surface area contributed by atoms with Crippen molar-refractivity contribution in [3.63, 3.8) is 0 Å². The summed E-state index contributed by atoms with van der Waals surface area (Å²) in [6.45, 7) is 2.33. The van der Waals surface area contributed by atoms with Crippen molar-refractivity contribution in [3.8, 4) is 0 Å². The average molecular weight is 294 g/mol. The van der Waals surface area contributed by atoms with E-state index in [1.165, 1.54) is 30.7 Å². The van der Waals surface area contributed by atoms with E-state index in [1.807, 2.05) is 6.20 Å². The summed E-state index contributed by atoms with van der Waals surface area (Å²) < 4.78 is 3.32. The second-order valence-electron chi connectivity index (χ2n) is 4.86. The highest BCUT2D eigenvalue weighted by atomic mass is 79.9. The zero-order chi connectivity index (χ0) is 11.8. The molecule has 1 fully saturated rings. The first-order chi connectivity index (χ1) is 8.24. The van der Waals surface area contributed by atoms with E-state index < -0.39 is 0 Å². The number of imidazole rings is 1. The lowest BCUT2D eigenvalue weighted by Crippen LogP contribution is -2.31. The van der Waals surface area contributed by atoms with Crippen molar-refractivity contribution in [2.75, 3.05) is 20.1 Å². The molecule has 3 heterocycles. The standard InChI is InChI=1S/C13H16BrN3/c1-16-6-2-3-10(8-16)13-15-7-12-5-4-11(14)9-17(12)13/h4-5,7,9-10H,2-3,6,8H2,1H3. The molecule has 0 saturated carbocycles. The Morgan fingerprint density at radius 3 is 3.12 bits per heavy atom. The van der Waals surface area contributed by atoms with E-state index in [2.05, 4.69) is 55.6 Å². The second kappa shape index (κ2) is 4.42. The largest absolute Gasteiger partial charge is 0.306 e. The summed E-state index contributed by atoms with van der Waals surface area (Å²) in [5.74, 6) is 1.76. The van der Waals surface area contributed by atoms with Crippen molar-refractivity contribution in [3.05, 3.63) is 34.8 Å². The van der Waals surface area contributed by atoms with Gasteiger partial charge >= 0.3 is 0 Å². The van der Waals surface area contributed by atoms with Crippen LogP contribution in [0.2, 0.25) is 0 Å². The molecular formula is C13H16BrN3. The molecule has 1 aliphatic heterocycles. The van der Waals surface area contributed by atoms with Crippen molar-refractivity contribution in [1.82, 2.24) is 14.3 Å². The number of aromatic nitrogens is 2. The number of likely N-dealkylation sites (N-methyl/N-ethyl adjacent to an activating group) is 1. The minimum absolute atomic E-state index is 0.561. The molecule has 0 radical (unpaired) electrons. The number of rotatable bonds is 1. The fourth-order valence-corrected chi connectivity index (χ4v) is 3.00. The van der Waals surface area contributed by atoms with Gasteiger partial charge in [0.05, 0.1) is 11.7 Å². The molecule has 0 aromatic carbocycles. The van der Waals surface area contributed by atoms with Gasteiger partial charge in [-0.25, -0.2) is 4.98 Å². The molecule has 4 heteroatoms. The number of likely N-dealkylation sites (tertiary alicyclic amines) is 1. The fourth-order valence-electron chi connectivity index (χ4n) is 2.66. The third-order valence-corrected chi connectivity index (χ3v) is 3.98. The third-order valence-electron chi connectivity index (χ3n) is 3.51. The quantitative estimate of drug-likeness (QED) is 0.806. The van der Waals surface area contributed by atoms with Gasteiger partial charge in [0.2, 0.25) is 0 Å². The van der Waals surface area contributed by atoms with Crippen LogP contribution in [-0.4, -0.2) is 34.4 Å². The van der Waals surface area contributed by atoms with Crippen LogP contribution in [0.3, 0.4) is 0 Å². The maximum atomic E-state index is 4.61. The van der Waals surface area contributed by atoms with Crippen LogP contribution >= 0.6 is 15.9 Å². The van der Waals surface area contributed by atoms with Crippen LogP contribution in [0, 0.1) is 0 Å². The summed E-state index contributed by atoms with van der Waals surface area (Å²) in [4.78, 5) is 7.01. The first-order valence-electron chi connectivity index (χ1n) is 6.05. The molecular weight excluding hydrogens is 278 g/mol. The van der Waals surface area contributed by atoms with Crippen molar-refractivity contribution >= 4 is 21.4 Å². The van der Waals surface area contributed by atoms with E-state index in [9.17, 15) is 0 Å². The number of pyridine rings is 1. The van der Waals surface area contributed by atoms with Crippen LogP contribution in [-0.2, 0) is 0 Å². The average Bonchev–Trinajstić information content (AvgIpc) is 2.71. The van der Waals surface area contributed by atoms with Crippen molar-refractivity contribution in [2.24, 2.45) is 0 Å². The van der Waals surface area contributed by atoms with E-state index in [1.54, 1.807) is 0 Å². The number of nitrogens with zero attached hydrogens (tertiary/aromatic N) is 3. The van der Waals surface area contributed by atoms with E-state index in [0.29, 0.717) is 5.92 Å². The number of hydrogen-bond acceptors (Lipinski definition) is 2. The molecule has 1 aliphatic rings. The van der Waals surface area contributed by atoms with Gasteiger partial charge in [-0.1, -0.05) is 0 Å². The molecule has 1 unspecified atom stereocenters. The van der Waals surface area contributed by atoms with Gasteiger partial charge in [-0.2, -0.15) is 0 Å². The van der Waals surface area contributed by atoms with Gasteiger partial charge in [0, 0.05) is 23.1 Å². The van der Waals surface area contributed by atoms with Crippen molar-refractivity contribution in [2.45, 2.75) is 18.8 Å². The van der Waals surface area contributed by atoms with Crippen LogP contribution in [0.4, 0.5) is 0 Å². The van der Waals surface area contributed by atoms with E-state index in [4.69, 9.17) is 0 Å². The summed E-state index contributed by atoms with van der Waals surface area (Å²) in [5, 5.41) is 0. The summed E-state index contributed by atoms with van der Waals surface area (Å²) in [6, 6.07) is 4.17. The molecule has 0 aliphatic carbocycles. The van der Waals surface area contributed by atoms with Crippen LogP contribution in [0.15, 0.2) is 29.0 Å². The van der Waals surface area contributed by atoms with Gasteiger partial charge in [0.25, 0.3) is 0 Å². The van der Waals surface area contributed by atoms with E-state index >= 15 is 0 Å². The third kappa shape index (κ3) is 2.11. The highest BCUT2D eigenvalue weighted by Gasteiger charge is 2.22. The topological polar surface area (TPSA) is 20.5 Å². The highest BCUT2D eigenvalue weighted by Crippen LogP contribution is 2.26. The van der Waals surface area contributed by atoms with Crippen LogP contribution in [0.25, 0.3) is 5.52 Å². The fraction of sp³-hybridized carbons (Fsp3) is 0.462. The van der Waals surface area contributed by atoms with E-state index in [0.717, 1.165) is 11.0 Å². The zero-order valence-electron chi connectivity index (χ0n) is 9.93. The Balaban J connectivity index is 2.01. The lowest BCUT2D eigenvalue weighted by atomic mass is 9.98. The van der Waals surface area contributed by atoms with Gasteiger partial charge in [-0.05, 0) is 54.5 Å². The molecule has 0 amide bonds. The Hall–Kier alpha value is -0.870. The Kier molecular flexibility index (Phi) is 2.92. The number of piperidine rings is 1. The Morgan fingerprint density at radius 1 is 1.41 bits per heavy atom. The molecule has 90 valence electrons. The molecule has 2 aromatic rings. The molecule has 0 spiro atoms. The van der Waals surface area contributed by atoms with Gasteiger partial charge in [0.15, 0.2) is 0 Å². The predicted molar refractivity (Wildman–Crippen MR) is 72.4 cm³/mol. The number of fused-ring (bicyclic) bond motifs is 1. The first-order valence-corrected chi connectivity index (χ1v) is 6.84. The highest BCUT2D eigenvalue weighted by molar-refractivity contribution is 9.10. The lowest BCUT2D eigenvalue weighted by molar-refractivity contribution is 0.245. The smallest absolute Gasteiger partial charge is 0.117 e. The SMILES string of the molecule is CN1CCCC(c2ncc3ccc(Br)cn23)C1. The molecule has 17 heavy (non-hydrogen) atoms. The zero-order valence-corrected chi connectivity index (χ0v) is 11.5. The Morgan fingerprint density at radius 2 is 2.29 bits per heavy atom. The maximum absolute atomic E-state index is 4.61. The summed E-state index contributed by atoms with van der Waals surface area (Å²) in [7, 11) is 2.19. The first kappa shape index (κ1) is 11.2. The minimum atomic E-state index is 0.561. The second-order valence-corrected chi connectivity index (χ2v) is 5.78. The van der Waals surface area contributed by atoms with Gasteiger partial charge in [0.1, 0.15) is 5.82 Å². The molecule has 3 rings (SSSR count). The van der Waals surface area contributed by atoms with Crippen molar-refractivity contribution < 1.29 is 0 Å². The van der Waals surface area contributed by atoms with Gasteiger partial charge in [-0.15, -0.1) is 0 Å². The molecule has 1 atom stereocenters. The van der Waals surface area contributed by atoms with Gasteiger partial charge < -0.3 is 9.30 Å². The summed E-state index contributed by atoms with van der Waals surface area (Å²) in [6.07, 6.45) is 6.60. The molecule has 2 aromatic heterocycles. The number of halogens is 1. The van der Waals surface area contributed by atoms with E-state index in [-0.39, 0.29) is 0 Å². The molecule has 0 N–H and O–H groups in total. The molecule has 0 bridgehead atoms. The summed E-state index contributed by atoms with van der Waals surface area (Å²) in [5.41, 5.74) is 1.18. The van der Waals surface area contributed by atoms with Gasteiger partial charge in [-0.3, -0.25) is 0 Å². The number of hydrogen-bond donors (Lipinski definition) is 0. The normalized spacial score (nSPS) is 22.1. The minimum Gasteiger partial charge on any atom is -0.306 e. The Bertz CT molecular complexity index is 534. The monoisotopic (exact) mass is 293 g/mol.